The second-order valence-corrected chi connectivity index (χ2v) is 5.35. The van der Waals surface area contributed by atoms with Gasteiger partial charge in [0.1, 0.15) is 10.4 Å². The predicted molar refractivity (Wildman–Crippen MR) is 69.2 cm³/mol. The second kappa shape index (κ2) is 4.99. The Labute approximate surface area is 104 Å². The molecule has 0 atom stereocenters. The van der Waals surface area contributed by atoms with Crippen LogP contribution in [0.1, 0.15) is 32.6 Å². The van der Waals surface area contributed by atoms with E-state index in [1.165, 1.54) is 25.7 Å². The molecule has 1 aliphatic rings. The Morgan fingerprint density at radius 3 is 2.62 bits per heavy atom. The summed E-state index contributed by atoms with van der Waals surface area (Å²) in [6.07, 6.45) is 4.94. The van der Waals surface area contributed by atoms with Crippen molar-refractivity contribution in [2.75, 3.05) is 11.1 Å². The van der Waals surface area contributed by atoms with Crippen LogP contribution in [0.15, 0.2) is 10.7 Å². The van der Waals surface area contributed by atoms with Crippen LogP contribution in [0.3, 0.4) is 0 Å². The average Bonchev–Trinajstić information content (AvgIpc) is 2.20. The van der Waals surface area contributed by atoms with Crippen LogP contribution in [0.5, 0.6) is 0 Å². The van der Waals surface area contributed by atoms with Crippen molar-refractivity contribution in [3.8, 4) is 0 Å². The van der Waals surface area contributed by atoms with Gasteiger partial charge >= 0.3 is 0 Å². The highest BCUT2D eigenvalue weighted by atomic mass is 79.9. The van der Waals surface area contributed by atoms with E-state index in [1.54, 1.807) is 6.07 Å². The molecule has 0 amide bonds. The summed E-state index contributed by atoms with van der Waals surface area (Å²) in [5.41, 5.74) is 5.67. The number of aromatic nitrogens is 2. The molecular weight excluding hydrogens is 268 g/mol. The van der Waals surface area contributed by atoms with E-state index in [-0.39, 0.29) is 0 Å². The van der Waals surface area contributed by atoms with Crippen molar-refractivity contribution in [2.24, 2.45) is 5.92 Å². The SMILES string of the molecule is CC1CCC(Nc2nc(N)cc(Br)n2)CC1. The number of nitrogens with one attached hydrogen (secondary N) is 1. The van der Waals surface area contributed by atoms with E-state index in [0.717, 1.165) is 10.5 Å². The second-order valence-electron chi connectivity index (χ2n) is 4.54. The smallest absolute Gasteiger partial charge is 0.225 e. The lowest BCUT2D eigenvalue weighted by Crippen LogP contribution is -2.26. The number of nitrogen functional groups attached to an aromatic ring is 1. The third-order valence-corrected chi connectivity index (χ3v) is 3.47. The summed E-state index contributed by atoms with van der Waals surface area (Å²) in [6.45, 7) is 2.31. The molecule has 1 aliphatic carbocycles. The number of hydrogen-bond donors (Lipinski definition) is 2. The normalized spacial score (nSPS) is 25.4. The number of rotatable bonds is 2. The van der Waals surface area contributed by atoms with Crippen LogP contribution in [0.4, 0.5) is 11.8 Å². The van der Waals surface area contributed by atoms with E-state index in [4.69, 9.17) is 5.73 Å². The minimum Gasteiger partial charge on any atom is -0.383 e. The van der Waals surface area contributed by atoms with Gasteiger partial charge in [0, 0.05) is 12.1 Å². The van der Waals surface area contributed by atoms with Crippen molar-refractivity contribution in [1.82, 2.24) is 9.97 Å². The molecule has 2 rings (SSSR count). The van der Waals surface area contributed by atoms with Crippen molar-refractivity contribution >= 4 is 27.7 Å². The summed E-state index contributed by atoms with van der Waals surface area (Å²) >= 11 is 3.32. The molecule has 0 aliphatic heterocycles. The third-order valence-electron chi connectivity index (χ3n) is 3.06. The third kappa shape index (κ3) is 3.07. The predicted octanol–water partition coefficient (Wildman–Crippen LogP) is 2.81. The van der Waals surface area contributed by atoms with Gasteiger partial charge in [-0.3, -0.25) is 0 Å². The highest BCUT2D eigenvalue weighted by Crippen LogP contribution is 2.25. The van der Waals surface area contributed by atoms with E-state index >= 15 is 0 Å². The van der Waals surface area contributed by atoms with Crippen LogP contribution in [0, 0.1) is 5.92 Å². The Kier molecular flexibility index (Phi) is 3.63. The number of halogens is 1. The fourth-order valence-electron chi connectivity index (χ4n) is 2.09. The molecule has 0 spiro atoms. The fraction of sp³-hybridized carbons (Fsp3) is 0.636. The lowest BCUT2D eigenvalue weighted by molar-refractivity contribution is 0.360. The van der Waals surface area contributed by atoms with E-state index in [1.807, 2.05) is 0 Å². The van der Waals surface area contributed by atoms with Crippen LogP contribution < -0.4 is 11.1 Å². The zero-order valence-corrected chi connectivity index (χ0v) is 11.0. The Morgan fingerprint density at radius 1 is 1.31 bits per heavy atom. The van der Waals surface area contributed by atoms with Crippen molar-refractivity contribution < 1.29 is 0 Å². The number of anilines is 2. The summed E-state index contributed by atoms with van der Waals surface area (Å²) in [5.74, 6) is 1.98. The molecule has 1 fully saturated rings. The van der Waals surface area contributed by atoms with Crippen LogP contribution in [-0.2, 0) is 0 Å². The first-order chi connectivity index (χ1) is 7.63. The van der Waals surface area contributed by atoms with E-state index < -0.39 is 0 Å². The maximum Gasteiger partial charge on any atom is 0.225 e. The molecule has 0 aromatic carbocycles. The summed E-state index contributed by atoms with van der Waals surface area (Å²) in [6, 6.07) is 2.19. The van der Waals surface area contributed by atoms with Crippen LogP contribution in [0.25, 0.3) is 0 Å². The van der Waals surface area contributed by atoms with E-state index in [9.17, 15) is 0 Å². The van der Waals surface area contributed by atoms with Gasteiger partial charge in [-0.2, -0.15) is 4.98 Å². The van der Waals surface area contributed by atoms with Gasteiger partial charge in [-0.1, -0.05) is 6.92 Å². The Bertz CT molecular complexity index is 341. The first kappa shape index (κ1) is 11.6. The molecule has 0 unspecified atom stereocenters. The summed E-state index contributed by atoms with van der Waals surface area (Å²) < 4.78 is 0.728. The largest absolute Gasteiger partial charge is 0.383 e. The fourth-order valence-corrected chi connectivity index (χ4v) is 2.49. The molecule has 3 N–H and O–H groups in total. The highest BCUT2D eigenvalue weighted by molar-refractivity contribution is 9.10. The molecule has 1 aromatic rings. The van der Waals surface area contributed by atoms with Gasteiger partial charge in [-0.25, -0.2) is 4.98 Å². The van der Waals surface area contributed by atoms with Crippen LogP contribution in [-0.4, -0.2) is 16.0 Å². The van der Waals surface area contributed by atoms with Gasteiger partial charge in [0.05, 0.1) is 0 Å². The van der Waals surface area contributed by atoms with Crippen molar-refractivity contribution in [1.29, 1.82) is 0 Å². The molecule has 1 heterocycles. The van der Waals surface area contributed by atoms with Gasteiger partial charge in [0.25, 0.3) is 0 Å². The minimum atomic E-state index is 0.491. The molecule has 88 valence electrons. The lowest BCUT2D eigenvalue weighted by Gasteiger charge is -2.26. The topological polar surface area (TPSA) is 63.8 Å². The average molecular weight is 285 g/mol. The summed E-state index contributed by atoms with van der Waals surface area (Å²) in [5, 5.41) is 3.35. The summed E-state index contributed by atoms with van der Waals surface area (Å²) in [7, 11) is 0. The minimum absolute atomic E-state index is 0.491. The molecule has 5 heteroatoms. The van der Waals surface area contributed by atoms with Crippen LogP contribution >= 0.6 is 15.9 Å². The molecule has 1 saturated carbocycles. The standard InChI is InChI=1S/C11H17BrN4/c1-7-2-4-8(5-3-7)14-11-15-9(12)6-10(13)16-11/h6-8H,2-5H2,1H3,(H3,13,14,15,16). The number of hydrogen-bond acceptors (Lipinski definition) is 4. The zero-order valence-electron chi connectivity index (χ0n) is 9.41. The monoisotopic (exact) mass is 284 g/mol. The van der Waals surface area contributed by atoms with Crippen molar-refractivity contribution in [3.63, 3.8) is 0 Å². The Hall–Kier alpha value is -0.840. The molecule has 4 nitrogen and oxygen atoms in total. The first-order valence-corrected chi connectivity index (χ1v) is 6.49. The van der Waals surface area contributed by atoms with Gasteiger partial charge in [0.15, 0.2) is 0 Å². The van der Waals surface area contributed by atoms with Crippen LogP contribution in [0.2, 0.25) is 0 Å². The molecule has 0 bridgehead atoms. The maximum absolute atomic E-state index is 5.67. The van der Waals surface area contributed by atoms with Gasteiger partial charge in [0.2, 0.25) is 5.95 Å². The van der Waals surface area contributed by atoms with Gasteiger partial charge < -0.3 is 11.1 Å². The highest BCUT2D eigenvalue weighted by Gasteiger charge is 2.18. The summed E-state index contributed by atoms with van der Waals surface area (Å²) in [4.78, 5) is 8.43. The van der Waals surface area contributed by atoms with Crippen molar-refractivity contribution in [2.45, 2.75) is 38.6 Å². The Morgan fingerprint density at radius 2 is 2.00 bits per heavy atom. The van der Waals surface area contributed by atoms with E-state index in [2.05, 4.69) is 38.1 Å². The zero-order chi connectivity index (χ0) is 11.5. The van der Waals surface area contributed by atoms with Gasteiger partial charge in [-0.15, -0.1) is 0 Å². The Balaban J connectivity index is 1.98. The maximum atomic E-state index is 5.67. The molecule has 16 heavy (non-hydrogen) atoms. The van der Waals surface area contributed by atoms with E-state index in [0.29, 0.717) is 17.8 Å². The number of nitrogens with zero attached hydrogens (tertiary/aromatic N) is 2. The van der Waals surface area contributed by atoms with Gasteiger partial charge in [-0.05, 0) is 47.5 Å². The molecule has 0 saturated heterocycles. The number of nitrogens with two attached hydrogens (primary N) is 1. The first-order valence-electron chi connectivity index (χ1n) is 5.70. The molecule has 0 radical (unpaired) electrons. The molecule has 1 aromatic heterocycles. The van der Waals surface area contributed by atoms with Crippen molar-refractivity contribution in [3.05, 3.63) is 10.7 Å². The lowest BCUT2D eigenvalue weighted by atomic mass is 9.87. The molecular formula is C11H17BrN4. The quantitative estimate of drug-likeness (QED) is 0.820.